The molecular formula is C8H16N2O3S2. The van der Waals surface area contributed by atoms with E-state index in [1.54, 1.807) is 0 Å². The summed E-state index contributed by atoms with van der Waals surface area (Å²) in [4.78, 5) is -0.0194. The number of sulfonamides is 1. The van der Waals surface area contributed by atoms with Crippen LogP contribution in [0.5, 0.6) is 0 Å². The van der Waals surface area contributed by atoms with Gasteiger partial charge < -0.3 is 10.5 Å². The molecule has 5 nitrogen and oxygen atoms in total. The monoisotopic (exact) mass is 252 g/mol. The van der Waals surface area contributed by atoms with Gasteiger partial charge in [0.15, 0.2) is 0 Å². The third kappa shape index (κ3) is 3.10. The molecule has 3 atom stereocenters. The van der Waals surface area contributed by atoms with E-state index >= 15 is 0 Å². The summed E-state index contributed by atoms with van der Waals surface area (Å²) in [6, 6.07) is -0.174. The number of rotatable bonds is 4. The van der Waals surface area contributed by atoms with Crippen molar-refractivity contribution in [1.82, 2.24) is 4.72 Å². The zero-order chi connectivity index (χ0) is 11.6. The third-order valence-corrected chi connectivity index (χ3v) is 4.88. The van der Waals surface area contributed by atoms with E-state index in [1.807, 2.05) is 6.92 Å². The van der Waals surface area contributed by atoms with Crippen LogP contribution in [0.1, 0.15) is 20.3 Å². The molecule has 0 amide bonds. The zero-order valence-corrected chi connectivity index (χ0v) is 10.4. The first kappa shape index (κ1) is 12.8. The van der Waals surface area contributed by atoms with Crippen molar-refractivity contribution in [3.05, 3.63) is 0 Å². The number of hydrogen-bond donors (Lipinski definition) is 2. The van der Waals surface area contributed by atoms with Crippen molar-refractivity contribution in [1.29, 1.82) is 0 Å². The molecule has 1 aliphatic heterocycles. The maximum Gasteiger partial charge on any atom is 0.221 e. The molecule has 1 aliphatic rings. The average Bonchev–Trinajstić information content (AvgIpc) is 2.50. The van der Waals surface area contributed by atoms with E-state index in [4.69, 9.17) is 10.5 Å². The van der Waals surface area contributed by atoms with Crippen LogP contribution in [0.3, 0.4) is 0 Å². The fraction of sp³-hybridized carbons (Fsp3) is 0.875. The quantitative estimate of drug-likeness (QED) is 0.675. The predicted octanol–water partition coefficient (Wildman–Crippen LogP) is -0.242. The lowest BCUT2D eigenvalue weighted by molar-refractivity contribution is 0.117. The number of nitrogens with one attached hydrogen (secondary N) is 1. The summed E-state index contributed by atoms with van der Waals surface area (Å²) >= 11 is 4.66. The van der Waals surface area contributed by atoms with Crippen LogP contribution in [0.4, 0.5) is 0 Å². The molecule has 0 aromatic rings. The molecule has 0 aromatic carbocycles. The minimum absolute atomic E-state index is 0.0194. The lowest BCUT2D eigenvalue weighted by Crippen LogP contribution is -2.46. The van der Waals surface area contributed by atoms with Gasteiger partial charge in [0, 0.05) is 12.6 Å². The first-order chi connectivity index (χ1) is 6.84. The van der Waals surface area contributed by atoms with Gasteiger partial charge in [-0.15, -0.1) is 0 Å². The summed E-state index contributed by atoms with van der Waals surface area (Å²) in [6.45, 7) is 3.90. The smallest absolute Gasteiger partial charge is 0.221 e. The van der Waals surface area contributed by atoms with Crippen molar-refractivity contribution >= 4 is 27.2 Å². The maximum atomic E-state index is 11.7. The topological polar surface area (TPSA) is 81.4 Å². The fourth-order valence-electron chi connectivity index (χ4n) is 1.35. The Bertz CT molecular complexity index is 342. The Morgan fingerprint density at radius 2 is 2.27 bits per heavy atom. The van der Waals surface area contributed by atoms with Gasteiger partial charge in [0.1, 0.15) is 5.25 Å². The average molecular weight is 252 g/mol. The fourth-order valence-corrected chi connectivity index (χ4v) is 2.97. The second-order valence-electron chi connectivity index (χ2n) is 3.68. The molecule has 1 heterocycles. The van der Waals surface area contributed by atoms with Crippen LogP contribution in [0, 0.1) is 0 Å². The van der Waals surface area contributed by atoms with Crippen molar-refractivity contribution in [3.63, 3.8) is 0 Å². The van der Waals surface area contributed by atoms with E-state index < -0.39 is 15.3 Å². The third-order valence-electron chi connectivity index (χ3n) is 2.56. The second kappa shape index (κ2) is 4.73. The second-order valence-corrected chi connectivity index (χ2v) is 6.18. The van der Waals surface area contributed by atoms with Gasteiger partial charge in [0.05, 0.1) is 11.1 Å². The van der Waals surface area contributed by atoms with Crippen LogP contribution in [0.25, 0.3) is 0 Å². The first-order valence-corrected chi connectivity index (χ1v) is 6.72. The Hall–Kier alpha value is -0.240. The molecule has 1 saturated heterocycles. The highest BCUT2D eigenvalue weighted by atomic mass is 32.2. The molecular weight excluding hydrogens is 236 g/mol. The van der Waals surface area contributed by atoms with E-state index in [-0.39, 0.29) is 17.1 Å². The van der Waals surface area contributed by atoms with Gasteiger partial charge >= 0.3 is 0 Å². The van der Waals surface area contributed by atoms with Gasteiger partial charge in [-0.05, 0) is 20.3 Å². The Kier molecular flexibility index (Phi) is 4.05. The molecule has 3 N–H and O–H groups in total. The van der Waals surface area contributed by atoms with Crippen LogP contribution < -0.4 is 10.5 Å². The minimum atomic E-state index is -3.47. The van der Waals surface area contributed by atoms with Crippen molar-refractivity contribution in [2.45, 2.75) is 37.7 Å². The van der Waals surface area contributed by atoms with E-state index in [9.17, 15) is 8.42 Å². The molecule has 3 unspecified atom stereocenters. The van der Waals surface area contributed by atoms with E-state index in [1.165, 1.54) is 6.92 Å². The Balaban J connectivity index is 2.68. The number of ether oxygens (including phenoxy) is 1. The lowest BCUT2D eigenvalue weighted by Gasteiger charge is -2.19. The van der Waals surface area contributed by atoms with Crippen LogP contribution in [-0.4, -0.2) is 37.4 Å². The summed E-state index contributed by atoms with van der Waals surface area (Å²) in [5.41, 5.74) is 5.31. The normalized spacial score (nSPS) is 28.9. The van der Waals surface area contributed by atoms with Gasteiger partial charge in [0.25, 0.3) is 0 Å². The van der Waals surface area contributed by atoms with E-state index in [2.05, 4.69) is 16.9 Å². The number of thiocarbonyl (C=S) groups is 1. The molecule has 15 heavy (non-hydrogen) atoms. The molecule has 88 valence electrons. The number of nitrogens with two attached hydrogens (primary N) is 1. The summed E-state index contributed by atoms with van der Waals surface area (Å²) in [7, 11) is -3.47. The predicted molar refractivity (Wildman–Crippen MR) is 62.1 cm³/mol. The van der Waals surface area contributed by atoms with Crippen LogP contribution in [0.15, 0.2) is 0 Å². The SMILES string of the molecule is CC1OCCC1NS(=O)(=O)C(C)C(N)=S. The molecule has 1 rings (SSSR count). The van der Waals surface area contributed by atoms with Gasteiger partial charge in [-0.3, -0.25) is 0 Å². The van der Waals surface area contributed by atoms with Gasteiger partial charge in [-0.25, -0.2) is 13.1 Å². The van der Waals surface area contributed by atoms with E-state index in [0.29, 0.717) is 13.0 Å². The molecule has 0 saturated carbocycles. The first-order valence-electron chi connectivity index (χ1n) is 4.76. The van der Waals surface area contributed by atoms with Gasteiger partial charge in [-0.1, -0.05) is 12.2 Å². The lowest BCUT2D eigenvalue weighted by atomic mass is 10.2. The Morgan fingerprint density at radius 3 is 2.67 bits per heavy atom. The van der Waals surface area contributed by atoms with E-state index in [0.717, 1.165) is 0 Å². The zero-order valence-electron chi connectivity index (χ0n) is 8.76. The van der Waals surface area contributed by atoms with Crippen LogP contribution in [0.2, 0.25) is 0 Å². The summed E-state index contributed by atoms with van der Waals surface area (Å²) in [6.07, 6.45) is 0.586. The van der Waals surface area contributed by atoms with Crippen molar-refractivity contribution in [3.8, 4) is 0 Å². The highest BCUT2D eigenvalue weighted by Gasteiger charge is 2.31. The largest absolute Gasteiger partial charge is 0.392 e. The van der Waals surface area contributed by atoms with Crippen molar-refractivity contribution in [2.24, 2.45) is 5.73 Å². The van der Waals surface area contributed by atoms with Crippen LogP contribution in [-0.2, 0) is 14.8 Å². The summed E-state index contributed by atoms with van der Waals surface area (Å²) < 4.78 is 31.3. The Labute approximate surface area is 95.4 Å². The van der Waals surface area contributed by atoms with Crippen LogP contribution >= 0.6 is 12.2 Å². The highest BCUT2D eigenvalue weighted by molar-refractivity contribution is 7.93. The molecule has 7 heteroatoms. The molecule has 0 spiro atoms. The van der Waals surface area contributed by atoms with Crippen molar-refractivity contribution < 1.29 is 13.2 Å². The summed E-state index contributed by atoms with van der Waals surface area (Å²) in [5.74, 6) is 0. The standard InChI is InChI=1S/C8H16N2O3S2/c1-5-7(3-4-13-5)10-15(11,12)6(2)8(9)14/h5-7,10H,3-4H2,1-2H3,(H2,9,14). The molecule has 0 bridgehead atoms. The van der Waals surface area contributed by atoms with Gasteiger partial charge in [-0.2, -0.15) is 0 Å². The molecule has 1 fully saturated rings. The molecule has 0 aromatic heterocycles. The summed E-state index contributed by atoms with van der Waals surface area (Å²) in [5, 5.41) is -0.847. The highest BCUT2D eigenvalue weighted by Crippen LogP contribution is 2.14. The Morgan fingerprint density at radius 1 is 1.67 bits per heavy atom. The van der Waals surface area contributed by atoms with Gasteiger partial charge in [0.2, 0.25) is 10.0 Å². The number of hydrogen-bond acceptors (Lipinski definition) is 4. The maximum absolute atomic E-state index is 11.7. The van der Waals surface area contributed by atoms with Crippen molar-refractivity contribution in [2.75, 3.05) is 6.61 Å². The molecule has 0 radical (unpaired) electrons. The molecule has 0 aliphatic carbocycles. The minimum Gasteiger partial charge on any atom is -0.392 e.